The van der Waals surface area contributed by atoms with Gasteiger partial charge in [0.1, 0.15) is 10.9 Å². The standard InChI is InChI=1S/C18H9I6S.C4H8O2/c19-10-6-13(21)17(14(22)7-10)25(12-4-2-1-3-5-12)18-15(23)8-11(20)9-16(18)24;1-2-3-4(5)6/h1-9H;2-3H2,1H3,(H,5,6)/q+1;/p-1. The van der Waals surface area contributed by atoms with E-state index in [0.717, 1.165) is 0 Å². The van der Waals surface area contributed by atoms with Crippen molar-refractivity contribution in [3.8, 4) is 0 Å². The van der Waals surface area contributed by atoms with Crippen LogP contribution in [0.4, 0.5) is 0 Å². The van der Waals surface area contributed by atoms with Crippen molar-refractivity contribution in [2.24, 2.45) is 0 Å². The summed E-state index contributed by atoms with van der Waals surface area (Å²) >= 11 is 14.8. The Morgan fingerprint density at radius 3 is 1.45 bits per heavy atom. The monoisotopic (exact) mass is 1110 g/mol. The van der Waals surface area contributed by atoms with E-state index in [-0.39, 0.29) is 17.3 Å². The third kappa shape index (κ3) is 8.79. The van der Waals surface area contributed by atoms with Gasteiger partial charge in [0.2, 0.25) is 0 Å². The van der Waals surface area contributed by atoms with Gasteiger partial charge in [0.05, 0.1) is 14.3 Å². The summed E-state index contributed by atoms with van der Waals surface area (Å²) in [4.78, 5) is 13.7. The van der Waals surface area contributed by atoms with Crippen LogP contribution in [0.5, 0.6) is 0 Å². The molecule has 0 spiro atoms. The molecule has 3 aromatic carbocycles. The quantitative estimate of drug-likeness (QED) is 0.193. The molecule has 0 aliphatic rings. The SMILES string of the molecule is CCCC(=O)[O-].Ic1cc(I)c([S+](c2ccccc2)c2c(I)cc(I)cc2I)c(I)c1. The molecule has 0 aliphatic heterocycles. The van der Waals surface area contributed by atoms with Crippen molar-refractivity contribution in [2.45, 2.75) is 34.5 Å². The molecule has 0 fully saturated rings. The lowest BCUT2D eigenvalue weighted by Crippen LogP contribution is -2.20. The zero-order valence-electron chi connectivity index (χ0n) is 16.1. The van der Waals surface area contributed by atoms with Gasteiger partial charge in [-0.1, -0.05) is 31.5 Å². The van der Waals surface area contributed by atoms with Crippen LogP contribution in [0, 0.1) is 21.4 Å². The summed E-state index contributed by atoms with van der Waals surface area (Å²) in [6, 6.07) is 20.1. The molecule has 0 heterocycles. The Hall–Kier alpha value is 1.86. The van der Waals surface area contributed by atoms with E-state index in [2.05, 4.69) is 190 Å². The highest BCUT2D eigenvalue weighted by Gasteiger charge is 2.37. The fourth-order valence-electron chi connectivity index (χ4n) is 2.55. The molecular formula is C22H16I6O2S. The Morgan fingerprint density at radius 2 is 1.16 bits per heavy atom. The second-order valence-electron chi connectivity index (χ2n) is 6.14. The minimum atomic E-state index is -0.961. The number of benzene rings is 3. The molecule has 9 heteroatoms. The first-order valence-electron chi connectivity index (χ1n) is 8.94. The number of carboxylic acid groups (broad SMARTS) is 1. The lowest BCUT2D eigenvalue weighted by Gasteiger charge is -2.14. The second-order valence-corrected chi connectivity index (χ2v) is 15.2. The van der Waals surface area contributed by atoms with Crippen LogP contribution in [-0.4, -0.2) is 5.97 Å². The topological polar surface area (TPSA) is 40.1 Å². The van der Waals surface area contributed by atoms with Gasteiger partial charge in [0, 0.05) is 13.1 Å². The number of carbonyl (C=O) groups is 1. The molecular weight excluding hydrogens is 1090 g/mol. The predicted octanol–water partition coefficient (Wildman–Crippen LogP) is 7.95. The minimum Gasteiger partial charge on any atom is -0.550 e. The Balaban J connectivity index is 0.000000501. The first-order valence-corrected chi connectivity index (χ1v) is 16.6. The largest absolute Gasteiger partial charge is 0.550 e. The van der Waals surface area contributed by atoms with Crippen LogP contribution in [0.1, 0.15) is 19.8 Å². The Morgan fingerprint density at radius 1 is 0.774 bits per heavy atom. The number of rotatable bonds is 5. The first kappa shape index (κ1) is 29.1. The van der Waals surface area contributed by atoms with E-state index in [0.29, 0.717) is 6.42 Å². The third-order valence-electron chi connectivity index (χ3n) is 3.77. The van der Waals surface area contributed by atoms with Crippen LogP contribution in [0.2, 0.25) is 0 Å². The maximum absolute atomic E-state index is 9.49. The van der Waals surface area contributed by atoms with Crippen LogP contribution in [0.25, 0.3) is 0 Å². The molecule has 164 valence electrons. The molecule has 0 bridgehead atoms. The summed E-state index contributed by atoms with van der Waals surface area (Å²) in [7, 11) is -0.114. The molecule has 2 nitrogen and oxygen atoms in total. The van der Waals surface area contributed by atoms with E-state index in [1.54, 1.807) is 6.92 Å². The Kier molecular flexibility index (Phi) is 13.5. The number of hydrogen-bond donors (Lipinski definition) is 0. The maximum atomic E-state index is 9.49. The lowest BCUT2D eigenvalue weighted by molar-refractivity contribution is -0.305. The number of hydrogen-bond acceptors (Lipinski definition) is 2. The highest BCUT2D eigenvalue weighted by molar-refractivity contribution is 14.1. The van der Waals surface area contributed by atoms with Crippen LogP contribution in [0.3, 0.4) is 0 Å². The van der Waals surface area contributed by atoms with E-state index in [4.69, 9.17) is 0 Å². The summed E-state index contributed by atoms with van der Waals surface area (Å²) in [5.74, 6) is -0.961. The summed E-state index contributed by atoms with van der Waals surface area (Å²) < 4.78 is 7.94. The molecule has 0 radical (unpaired) electrons. The van der Waals surface area contributed by atoms with E-state index >= 15 is 0 Å². The zero-order chi connectivity index (χ0) is 23.1. The molecule has 0 unspecified atom stereocenters. The van der Waals surface area contributed by atoms with Crippen LogP contribution in [-0.2, 0) is 15.7 Å². The smallest absolute Gasteiger partial charge is 0.193 e. The lowest BCUT2D eigenvalue weighted by atomic mass is 10.4. The molecule has 0 amide bonds. The van der Waals surface area contributed by atoms with Crippen molar-refractivity contribution in [2.75, 3.05) is 0 Å². The maximum Gasteiger partial charge on any atom is 0.193 e. The number of carbonyl (C=O) groups excluding carboxylic acids is 1. The predicted molar refractivity (Wildman–Crippen MR) is 178 cm³/mol. The molecule has 0 saturated heterocycles. The molecule has 0 saturated carbocycles. The second kappa shape index (κ2) is 14.4. The van der Waals surface area contributed by atoms with E-state index in [9.17, 15) is 9.90 Å². The molecule has 3 rings (SSSR count). The van der Waals surface area contributed by atoms with Gasteiger partial charge >= 0.3 is 0 Å². The van der Waals surface area contributed by atoms with Crippen molar-refractivity contribution in [3.63, 3.8) is 0 Å². The van der Waals surface area contributed by atoms with Gasteiger partial charge in [0.15, 0.2) is 14.7 Å². The van der Waals surface area contributed by atoms with Crippen LogP contribution >= 0.6 is 136 Å². The van der Waals surface area contributed by atoms with Gasteiger partial charge in [-0.15, -0.1) is 0 Å². The summed E-state index contributed by atoms with van der Waals surface area (Å²) in [6.45, 7) is 1.80. The number of aliphatic carboxylic acids is 1. The zero-order valence-corrected chi connectivity index (χ0v) is 29.9. The van der Waals surface area contributed by atoms with E-state index in [1.807, 2.05) is 0 Å². The molecule has 31 heavy (non-hydrogen) atoms. The Labute approximate surface area is 268 Å². The Bertz CT molecular complexity index is 956. The fraction of sp³-hybridized carbons (Fsp3) is 0.136. The molecule has 0 aromatic heterocycles. The fourth-order valence-corrected chi connectivity index (χ4v) is 14.5. The van der Waals surface area contributed by atoms with Crippen molar-refractivity contribution >= 4 is 152 Å². The van der Waals surface area contributed by atoms with Gasteiger partial charge < -0.3 is 9.90 Å². The van der Waals surface area contributed by atoms with Gasteiger partial charge in [-0.3, -0.25) is 0 Å². The first-order chi connectivity index (χ1) is 14.6. The summed E-state index contributed by atoms with van der Waals surface area (Å²) in [5, 5.41) is 9.49. The summed E-state index contributed by atoms with van der Waals surface area (Å²) in [5.41, 5.74) is 0. The van der Waals surface area contributed by atoms with E-state index < -0.39 is 5.97 Å². The van der Waals surface area contributed by atoms with Gasteiger partial charge in [-0.05, 0) is 178 Å². The molecule has 3 aromatic rings. The van der Waals surface area contributed by atoms with Crippen LogP contribution in [0.15, 0.2) is 69.3 Å². The van der Waals surface area contributed by atoms with Crippen molar-refractivity contribution in [3.05, 3.63) is 76.0 Å². The van der Waals surface area contributed by atoms with Gasteiger partial charge in [-0.25, -0.2) is 0 Å². The van der Waals surface area contributed by atoms with Gasteiger partial charge in [-0.2, -0.15) is 0 Å². The van der Waals surface area contributed by atoms with Crippen molar-refractivity contribution in [1.82, 2.24) is 0 Å². The average molecular weight is 1110 g/mol. The van der Waals surface area contributed by atoms with Crippen LogP contribution < -0.4 is 5.11 Å². The highest BCUT2D eigenvalue weighted by atomic mass is 127. The van der Waals surface area contributed by atoms with Gasteiger partial charge in [0.25, 0.3) is 0 Å². The highest BCUT2D eigenvalue weighted by Crippen LogP contribution is 2.41. The molecule has 0 atom stereocenters. The van der Waals surface area contributed by atoms with E-state index in [1.165, 1.54) is 36.1 Å². The van der Waals surface area contributed by atoms with Crippen molar-refractivity contribution in [1.29, 1.82) is 0 Å². The summed E-state index contributed by atoms with van der Waals surface area (Å²) in [6.07, 6.45) is 0.850. The van der Waals surface area contributed by atoms with Crippen molar-refractivity contribution < 1.29 is 9.90 Å². The average Bonchev–Trinajstić information content (AvgIpc) is 2.66. The number of halogens is 6. The third-order valence-corrected chi connectivity index (χ3v) is 12.3. The normalized spacial score (nSPS) is 10.6. The molecule has 0 N–H and O–H groups in total. The number of carboxylic acids is 1. The minimum absolute atomic E-state index is 0.114. The molecule has 0 aliphatic carbocycles.